The fourth-order valence-electron chi connectivity index (χ4n) is 5.47. The molecule has 2 atom stereocenters. The number of rotatable bonds is 11. The largest absolute Gasteiger partial charge is 0.435 e. The van der Waals surface area contributed by atoms with E-state index in [1.807, 2.05) is 13.0 Å². The second-order valence-electron chi connectivity index (χ2n) is 10.9. The Balaban J connectivity index is 1.42. The first-order chi connectivity index (χ1) is 19.6. The van der Waals surface area contributed by atoms with Gasteiger partial charge in [-0.1, -0.05) is 13.0 Å². The standard InChI is InChI=1S/C29H33F4N5O3/c1-2-4-24(39)36-25(17-7-8-17)20-14-23-35-22(16-38(23)34-15-20)26(18-9-11-29(32,33)12-10-18)37-27(40)19-5-3-6-21(13-19)41-28(30)31/h3,5-6,13-18,25-26,28H,2,4,7-12H2,1H3,(H,36,39)(H,37,40)/t25-,26+/m1/s1. The monoisotopic (exact) mass is 575 g/mol. The van der Waals surface area contributed by atoms with Crippen molar-refractivity contribution in [3.63, 3.8) is 0 Å². The Kier molecular flexibility index (Phi) is 8.46. The molecule has 0 spiro atoms. The first-order valence-corrected chi connectivity index (χ1v) is 14.0. The van der Waals surface area contributed by atoms with Gasteiger partial charge in [0, 0.05) is 24.8 Å². The van der Waals surface area contributed by atoms with Crippen molar-refractivity contribution in [3.8, 4) is 5.75 Å². The number of alkyl halides is 4. The maximum atomic E-state index is 14.0. The van der Waals surface area contributed by atoms with Crippen molar-refractivity contribution < 1.29 is 31.9 Å². The molecule has 41 heavy (non-hydrogen) atoms. The Bertz CT molecular complexity index is 1380. The molecule has 0 radical (unpaired) electrons. The van der Waals surface area contributed by atoms with E-state index in [1.165, 1.54) is 24.3 Å². The zero-order chi connectivity index (χ0) is 29.1. The third-order valence-corrected chi connectivity index (χ3v) is 7.77. The number of halogens is 4. The number of fused-ring (bicyclic) bond motifs is 1. The number of carbonyl (C=O) groups is 2. The molecule has 2 saturated carbocycles. The van der Waals surface area contributed by atoms with Crippen molar-refractivity contribution in [1.82, 2.24) is 25.2 Å². The number of ether oxygens (including phenoxy) is 1. The van der Waals surface area contributed by atoms with E-state index in [1.54, 1.807) is 16.9 Å². The summed E-state index contributed by atoms with van der Waals surface area (Å²) in [5.74, 6) is -3.51. The fourth-order valence-corrected chi connectivity index (χ4v) is 5.47. The lowest BCUT2D eigenvalue weighted by Gasteiger charge is -2.33. The summed E-state index contributed by atoms with van der Waals surface area (Å²) in [5, 5.41) is 10.5. The summed E-state index contributed by atoms with van der Waals surface area (Å²) in [4.78, 5) is 30.3. The lowest BCUT2D eigenvalue weighted by Crippen LogP contribution is -2.37. The smallest absolute Gasteiger partial charge is 0.387 e. The van der Waals surface area contributed by atoms with Gasteiger partial charge in [-0.2, -0.15) is 13.9 Å². The molecule has 5 rings (SSSR count). The molecule has 2 amide bonds. The van der Waals surface area contributed by atoms with E-state index in [-0.39, 0.29) is 54.9 Å². The molecule has 3 aromatic rings. The van der Waals surface area contributed by atoms with Crippen molar-refractivity contribution >= 4 is 17.5 Å². The minimum absolute atomic E-state index is 0.0202. The highest BCUT2D eigenvalue weighted by molar-refractivity contribution is 5.94. The summed E-state index contributed by atoms with van der Waals surface area (Å²) < 4.78 is 59.4. The van der Waals surface area contributed by atoms with Gasteiger partial charge in [-0.3, -0.25) is 9.59 Å². The Morgan fingerprint density at radius 2 is 1.80 bits per heavy atom. The molecule has 0 unspecified atom stereocenters. The summed E-state index contributed by atoms with van der Waals surface area (Å²) >= 11 is 0. The van der Waals surface area contributed by atoms with E-state index in [2.05, 4.69) is 20.5 Å². The number of hydrogen-bond acceptors (Lipinski definition) is 5. The Hall–Kier alpha value is -3.70. The summed E-state index contributed by atoms with van der Waals surface area (Å²) in [7, 11) is 0. The summed E-state index contributed by atoms with van der Waals surface area (Å²) in [6.07, 6.45) is 6.28. The number of aromatic nitrogens is 3. The fraction of sp³-hybridized carbons (Fsp3) is 0.517. The maximum absolute atomic E-state index is 14.0. The first kappa shape index (κ1) is 28.8. The average molecular weight is 576 g/mol. The van der Waals surface area contributed by atoms with Crippen LogP contribution in [0.15, 0.2) is 42.7 Å². The lowest BCUT2D eigenvalue weighted by atomic mass is 9.81. The number of imidazole rings is 1. The predicted octanol–water partition coefficient (Wildman–Crippen LogP) is 5.99. The highest BCUT2D eigenvalue weighted by Gasteiger charge is 2.39. The van der Waals surface area contributed by atoms with Crippen LogP contribution in [0.3, 0.4) is 0 Å². The zero-order valence-electron chi connectivity index (χ0n) is 22.7. The molecule has 0 aliphatic heterocycles. The van der Waals surface area contributed by atoms with Crippen LogP contribution in [0.2, 0.25) is 0 Å². The topological polar surface area (TPSA) is 97.6 Å². The molecule has 2 aromatic heterocycles. The summed E-state index contributed by atoms with van der Waals surface area (Å²) in [6, 6.07) is 6.36. The molecule has 0 bridgehead atoms. The summed E-state index contributed by atoms with van der Waals surface area (Å²) in [5.41, 5.74) is 1.88. The van der Waals surface area contributed by atoms with Crippen LogP contribution in [0.25, 0.3) is 5.65 Å². The van der Waals surface area contributed by atoms with Crippen LogP contribution in [0, 0.1) is 11.8 Å². The summed E-state index contributed by atoms with van der Waals surface area (Å²) in [6.45, 7) is -1.10. The molecule has 2 aliphatic carbocycles. The van der Waals surface area contributed by atoms with Crippen LogP contribution in [-0.2, 0) is 4.79 Å². The van der Waals surface area contributed by atoms with Gasteiger partial charge < -0.3 is 15.4 Å². The van der Waals surface area contributed by atoms with Crippen LogP contribution in [-0.4, -0.2) is 38.9 Å². The van der Waals surface area contributed by atoms with E-state index in [9.17, 15) is 27.2 Å². The molecule has 2 heterocycles. The van der Waals surface area contributed by atoms with Gasteiger partial charge in [0.2, 0.25) is 11.8 Å². The van der Waals surface area contributed by atoms with E-state index in [0.717, 1.165) is 24.8 Å². The van der Waals surface area contributed by atoms with Crippen molar-refractivity contribution in [2.75, 3.05) is 0 Å². The van der Waals surface area contributed by atoms with Crippen LogP contribution in [0.5, 0.6) is 5.75 Å². The highest BCUT2D eigenvalue weighted by Crippen LogP contribution is 2.43. The van der Waals surface area contributed by atoms with E-state index in [0.29, 0.717) is 23.7 Å². The number of amides is 2. The Morgan fingerprint density at radius 3 is 2.49 bits per heavy atom. The number of nitrogens with one attached hydrogen (secondary N) is 2. The van der Waals surface area contributed by atoms with E-state index in [4.69, 9.17) is 4.98 Å². The van der Waals surface area contributed by atoms with Crippen LogP contribution < -0.4 is 15.4 Å². The predicted molar refractivity (Wildman–Crippen MR) is 142 cm³/mol. The molecule has 2 aliphatic rings. The van der Waals surface area contributed by atoms with Crippen LogP contribution >= 0.6 is 0 Å². The molecule has 2 fully saturated rings. The molecular weight excluding hydrogens is 542 g/mol. The van der Waals surface area contributed by atoms with Crippen molar-refractivity contribution in [3.05, 3.63) is 59.5 Å². The van der Waals surface area contributed by atoms with E-state index >= 15 is 0 Å². The molecule has 0 saturated heterocycles. The molecule has 8 nitrogen and oxygen atoms in total. The number of nitrogens with zero attached hydrogens (tertiary/aromatic N) is 3. The average Bonchev–Trinajstić information content (AvgIpc) is 3.68. The zero-order valence-corrected chi connectivity index (χ0v) is 22.7. The van der Waals surface area contributed by atoms with Crippen LogP contribution in [0.1, 0.15) is 92.0 Å². The molecule has 220 valence electrons. The molecule has 1 aromatic carbocycles. The van der Waals surface area contributed by atoms with Gasteiger partial charge in [0.15, 0.2) is 5.65 Å². The second kappa shape index (κ2) is 12.0. The third-order valence-electron chi connectivity index (χ3n) is 7.77. The molecule has 12 heteroatoms. The lowest BCUT2D eigenvalue weighted by molar-refractivity contribution is -0.122. The number of hydrogen-bond donors (Lipinski definition) is 2. The van der Waals surface area contributed by atoms with Gasteiger partial charge in [-0.25, -0.2) is 18.3 Å². The van der Waals surface area contributed by atoms with Gasteiger partial charge >= 0.3 is 6.61 Å². The van der Waals surface area contributed by atoms with Crippen molar-refractivity contribution in [2.45, 2.75) is 82.9 Å². The van der Waals surface area contributed by atoms with Gasteiger partial charge in [-0.05, 0) is 73.8 Å². The first-order valence-electron chi connectivity index (χ1n) is 14.0. The Morgan fingerprint density at radius 1 is 1.07 bits per heavy atom. The van der Waals surface area contributed by atoms with Crippen molar-refractivity contribution in [2.24, 2.45) is 11.8 Å². The molecule has 2 N–H and O–H groups in total. The second-order valence-corrected chi connectivity index (χ2v) is 10.9. The quantitative estimate of drug-likeness (QED) is 0.274. The van der Waals surface area contributed by atoms with Crippen LogP contribution in [0.4, 0.5) is 17.6 Å². The number of carbonyl (C=O) groups excluding carboxylic acids is 2. The van der Waals surface area contributed by atoms with Gasteiger partial charge in [-0.15, -0.1) is 0 Å². The number of benzene rings is 1. The maximum Gasteiger partial charge on any atom is 0.387 e. The Labute approximate surface area is 234 Å². The third kappa shape index (κ3) is 7.15. The normalized spacial score (nSPS) is 18.7. The molecular formula is C29H33F4N5O3. The highest BCUT2D eigenvalue weighted by atomic mass is 19.3. The van der Waals surface area contributed by atoms with E-state index < -0.39 is 24.5 Å². The van der Waals surface area contributed by atoms with Gasteiger partial charge in [0.1, 0.15) is 5.75 Å². The SMILES string of the molecule is CCCC(=O)N[C@@H](c1cnn2cc([C@@H](NC(=O)c3cccc(OC(F)F)c3)C3CCC(F)(F)CC3)nc2c1)C1CC1. The van der Waals surface area contributed by atoms with Gasteiger partial charge in [0.05, 0.1) is 30.2 Å². The van der Waals surface area contributed by atoms with Gasteiger partial charge in [0.25, 0.3) is 5.91 Å². The minimum atomic E-state index is -3.04. The van der Waals surface area contributed by atoms with Crippen molar-refractivity contribution in [1.29, 1.82) is 0 Å². The minimum Gasteiger partial charge on any atom is -0.435 e.